The van der Waals surface area contributed by atoms with Gasteiger partial charge in [-0.05, 0) is 34.7 Å². The summed E-state index contributed by atoms with van der Waals surface area (Å²) in [5.74, 6) is -2.50. The highest BCUT2D eigenvalue weighted by atomic mass is 127. The number of hydrogen-bond donors (Lipinski definition) is 2. The third kappa shape index (κ3) is 3.69. The third-order valence-corrected chi connectivity index (χ3v) is 3.63. The van der Waals surface area contributed by atoms with E-state index in [4.69, 9.17) is 5.11 Å². The van der Waals surface area contributed by atoms with Gasteiger partial charge in [-0.3, -0.25) is 9.59 Å². The van der Waals surface area contributed by atoms with Crippen LogP contribution in [0.4, 0.5) is 5.69 Å². The van der Waals surface area contributed by atoms with Gasteiger partial charge in [0.2, 0.25) is 5.91 Å². The fraction of sp³-hybridized carbons (Fsp3) is 0.333. The lowest BCUT2D eigenvalue weighted by molar-refractivity contribution is -0.145. The smallest absolute Gasteiger partial charge is 0.307 e. The highest BCUT2D eigenvalue weighted by molar-refractivity contribution is 14.1. The molecule has 92 valence electrons. The van der Waals surface area contributed by atoms with Crippen LogP contribution in [0, 0.1) is 15.4 Å². The van der Waals surface area contributed by atoms with E-state index in [2.05, 4.69) is 27.9 Å². The largest absolute Gasteiger partial charge is 0.481 e. The standard InChI is InChI=1S/C12H14INO3/c1-7(8(2)12(16)17)11(15)14-10-6-4-3-5-9(10)13/h3-8H,1-2H3,(H,14,15)(H,16,17). The van der Waals surface area contributed by atoms with Crippen molar-refractivity contribution in [2.24, 2.45) is 11.8 Å². The molecule has 2 unspecified atom stereocenters. The maximum absolute atomic E-state index is 11.8. The molecule has 1 amide bonds. The molecule has 17 heavy (non-hydrogen) atoms. The van der Waals surface area contributed by atoms with Crippen molar-refractivity contribution in [3.8, 4) is 0 Å². The number of carbonyl (C=O) groups excluding carboxylic acids is 1. The maximum Gasteiger partial charge on any atom is 0.307 e. The van der Waals surface area contributed by atoms with E-state index in [0.717, 1.165) is 3.57 Å². The minimum absolute atomic E-state index is 0.274. The number of carboxylic acid groups (broad SMARTS) is 1. The van der Waals surface area contributed by atoms with Crippen molar-refractivity contribution in [1.82, 2.24) is 0 Å². The number of anilines is 1. The number of rotatable bonds is 4. The van der Waals surface area contributed by atoms with Gasteiger partial charge in [0.05, 0.1) is 11.6 Å². The Morgan fingerprint density at radius 2 is 1.82 bits per heavy atom. The third-order valence-electron chi connectivity index (χ3n) is 2.68. The van der Waals surface area contributed by atoms with Crippen molar-refractivity contribution in [2.75, 3.05) is 5.32 Å². The van der Waals surface area contributed by atoms with Gasteiger partial charge in [0, 0.05) is 9.49 Å². The van der Waals surface area contributed by atoms with E-state index in [1.54, 1.807) is 13.0 Å². The molecule has 4 nitrogen and oxygen atoms in total. The summed E-state index contributed by atoms with van der Waals surface area (Å²) in [6, 6.07) is 7.36. The molecule has 5 heteroatoms. The zero-order valence-electron chi connectivity index (χ0n) is 9.61. The molecular formula is C12H14INO3. The zero-order valence-corrected chi connectivity index (χ0v) is 11.8. The van der Waals surface area contributed by atoms with Crippen LogP contribution < -0.4 is 5.32 Å². The normalized spacial score (nSPS) is 13.8. The molecule has 0 aromatic heterocycles. The number of para-hydroxylation sites is 1. The van der Waals surface area contributed by atoms with Crippen LogP contribution in [0.5, 0.6) is 0 Å². The van der Waals surface area contributed by atoms with Gasteiger partial charge in [-0.25, -0.2) is 0 Å². The van der Waals surface area contributed by atoms with Crippen LogP contribution in [-0.2, 0) is 9.59 Å². The molecule has 0 aliphatic carbocycles. The summed E-state index contributed by atoms with van der Waals surface area (Å²) in [6.07, 6.45) is 0. The molecule has 1 aromatic rings. The molecule has 0 bridgehead atoms. The lowest BCUT2D eigenvalue weighted by Crippen LogP contribution is -2.30. The summed E-state index contributed by atoms with van der Waals surface area (Å²) >= 11 is 2.12. The van der Waals surface area contributed by atoms with E-state index in [0.29, 0.717) is 5.69 Å². The molecule has 2 N–H and O–H groups in total. The molecule has 0 saturated heterocycles. The van der Waals surface area contributed by atoms with E-state index in [9.17, 15) is 9.59 Å². The number of hydrogen-bond acceptors (Lipinski definition) is 2. The molecule has 2 atom stereocenters. The highest BCUT2D eigenvalue weighted by Gasteiger charge is 2.25. The Balaban J connectivity index is 2.73. The monoisotopic (exact) mass is 347 g/mol. The molecule has 0 spiro atoms. The van der Waals surface area contributed by atoms with Crippen molar-refractivity contribution < 1.29 is 14.7 Å². The fourth-order valence-corrected chi connectivity index (χ4v) is 1.77. The predicted octanol–water partition coefficient (Wildman–Crippen LogP) is 2.59. The van der Waals surface area contributed by atoms with E-state index in [-0.39, 0.29) is 5.91 Å². The van der Waals surface area contributed by atoms with Gasteiger partial charge < -0.3 is 10.4 Å². The van der Waals surface area contributed by atoms with Gasteiger partial charge in [-0.15, -0.1) is 0 Å². The van der Waals surface area contributed by atoms with E-state index >= 15 is 0 Å². The number of halogens is 1. The molecule has 0 fully saturated rings. The summed E-state index contributed by atoms with van der Waals surface area (Å²) in [5.41, 5.74) is 0.711. The molecule has 0 aliphatic heterocycles. The van der Waals surface area contributed by atoms with Crippen LogP contribution >= 0.6 is 22.6 Å². The minimum atomic E-state index is -0.963. The Labute approximate surface area is 114 Å². The zero-order chi connectivity index (χ0) is 13.0. The summed E-state index contributed by atoms with van der Waals surface area (Å²) in [7, 11) is 0. The van der Waals surface area contributed by atoms with E-state index < -0.39 is 17.8 Å². The van der Waals surface area contributed by atoms with Crippen molar-refractivity contribution in [3.05, 3.63) is 27.8 Å². The Hall–Kier alpha value is -1.11. The van der Waals surface area contributed by atoms with Crippen LogP contribution in [0.15, 0.2) is 24.3 Å². The molecule has 0 radical (unpaired) electrons. The lowest BCUT2D eigenvalue weighted by Gasteiger charge is -2.16. The van der Waals surface area contributed by atoms with Crippen LogP contribution in [0.2, 0.25) is 0 Å². The Morgan fingerprint density at radius 1 is 1.24 bits per heavy atom. The summed E-state index contributed by atoms with van der Waals surface area (Å²) in [4.78, 5) is 22.6. The van der Waals surface area contributed by atoms with Crippen molar-refractivity contribution >= 4 is 40.2 Å². The minimum Gasteiger partial charge on any atom is -0.481 e. The maximum atomic E-state index is 11.8. The molecular weight excluding hydrogens is 333 g/mol. The summed E-state index contributed by atoms with van der Waals surface area (Å²) < 4.78 is 0.925. The number of aliphatic carboxylic acids is 1. The van der Waals surface area contributed by atoms with E-state index in [1.807, 2.05) is 18.2 Å². The topological polar surface area (TPSA) is 66.4 Å². The Bertz CT molecular complexity index is 434. The van der Waals surface area contributed by atoms with Crippen molar-refractivity contribution in [1.29, 1.82) is 0 Å². The first-order valence-corrected chi connectivity index (χ1v) is 6.29. The second-order valence-electron chi connectivity index (χ2n) is 3.88. The number of amides is 1. The van der Waals surface area contributed by atoms with Gasteiger partial charge in [-0.1, -0.05) is 26.0 Å². The number of nitrogens with one attached hydrogen (secondary N) is 1. The fourth-order valence-electron chi connectivity index (χ4n) is 1.25. The van der Waals surface area contributed by atoms with Gasteiger partial charge >= 0.3 is 5.97 Å². The van der Waals surface area contributed by atoms with Gasteiger partial charge in [0.1, 0.15) is 0 Å². The Kier molecular flexibility index (Phi) is 4.92. The number of carbonyl (C=O) groups is 2. The van der Waals surface area contributed by atoms with Crippen LogP contribution in [0.3, 0.4) is 0 Å². The molecule has 0 saturated carbocycles. The lowest BCUT2D eigenvalue weighted by atomic mass is 9.95. The average Bonchev–Trinajstić information content (AvgIpc) is 2.30. The summed E-state index contributed by atoms with van der Waals surface area (Å²) in [6.45, 7) is 3.15. The second-order valence-corrected chi connectivity index (χ2v) is 5.05. The predicted molar refractivity (Wildman–Crippen MR) is 73.8 cm³/mol. The van der Waals surface area contributed by atoms with Gasteiger partial charge in [0.15, 0.2) is 0 Å². The van der Waals surface area contributed by atoms with Crippen molar-refractivity contribution in [3.63, 3.8) is 0 Å². The first-order valence-electron chi connectivity index (χ1n) is 5.21. The number of carboxylic acids is 1. The SMILES string of the molecule is CC(C(=O)O)C(C)C(=O)Nc1ccccc1I. The first kappa shape index (κ1) is 14.0. The molecule has 0 heterocycles. The molecule has 1 aromatic carbocycles. The van der Waals surface area contributed by atoms with Crippen LogP contribution in [-0.4, -0.2) is 17.0 Å². The molecule has 0 aliphatic rings. The second kappa shape index (κ2) is 6.00. The first-order chi connectivity index (χ1) is 7.93. The highest BCUT2D eigenvalue weighted by Crippen LogP contribution is 2.19. The van der Waals surface area contributed by atoms with Gasteiger partial charge in [-0.2, -0.15) is 0 Å². The van der Waals surface area contributed by atoms with Crippen LogP contribution in [0.1, 0.15) is 13.8 Å². The van der Waals surface area contributed by atoms with Gasteiger partial charge in [0.25, 0.3) is 0 Å². The van der Waals surface area contributed by atoms with Crippen LogP contribution in [0.25, 0.3) is 0 Å². The quantitative estimate of drug-likeness (QED) is 0.823. The average molecular weight is 347 g/mol. The van der Waals surface area contributed by atoms with Crippen molar-refractivity contribution in [2.45, 2.75) is 13.8 Å². The molecule has 1 rings (SSSR count). The summed E-state index contributed by atoms with van der Waals surface area (Å²) in [5, 5.41) is 11.6. The van der Waals surface area contributed by atoms with E-state index in [1.165, 1.54) is 6.92 Å². The number of benzene rings is 1. The Morgan fingerprint density at radius 3 is 2.35 bits per heavy atom.